The average Bonchev–Trinajstić information content (AvgIpc) is 3.29. The standard InChI is InChI=1S/C19H25N5O2/c25-13-12-22-10-4-8-19(18(22)26)9-5-11-23(19)14-16-15-24(21-20-16)17-6-2-1-3-7-17/h1-3,6-7,15,25H,4-5,8-14H2. The molecule has 2 saturated heterocycles. The molecule has 2 fully saturated rings. The zero-order chi connectivity index (χ0) is 18.0. The minimum atomic E-state index is -0.427. The van der Waals surface area contributed by atoms with Gasteiger partial charge in [-0.2, -0.15) is 0 Å². The lowest BCUT2D eigenvalue weighted by atomic mass is 9.85. The van der Waals surface area contributed by atoms with E-state index >= 15 is 0 Å². The van der Waals surface area contributed by atoms with Crippen molar-refractivity contribution in [3.05, 3.63) is 42.2 Å². The molecule has 0 saturated carbocycles. The highest BCUT2D eigenvalue weighted by atomic mass is 16.3. The van der Waals surface area contributed by atoms with E-state index in [0.717, 1.165) is 50.2 Å². The SMILES string of the molecule is O=C1N(CCO)CCCC12CCCN2Cc1cn(-c2ccccc2)nn1. The third-order valence-corrected chi connectivity index (χ3v) is 5.61. The summed E-state index contributed by atoms with van der Waals surface area (Å²) in [5.74, 6) is 0.172. The van der Waals surface area contributed by atoms with Gasteiger partial charge in [-0.3, -0.25) is 9.69 Å². The topological polar surface area (TPSA) is 74.5 Å². The Morgan fingerprint density at radius 3 is 2.65 bits per heavy atom. The van der Waals surface area contributed by atoms with Crippen molar-refractivity contribution in [1.82, 2.24) is 24.8 Å². The van der Waals surface area contributed by atoms with Gasteiger partial charge in [0.05, 0.1) is 24.2 Å². The van der Waals surface area contributed by atoms with Gasteiger partial charge in [-0.1, -0.05) is 23.4 Å². The smallest absolute Gasteiger partial charge is 0.243 e. The van der Waals surface area contributed by atoms with Crippen LogP contribution in [0.2, 0.25) is 0 Å². The summed E-state index contributed by atoms with van der Waals surface area (Å²) in [6, 6.07) is 9.91. The number of carbonyl (C=O) groups excluding carboxylic acids is 1. The number of para-hydroxylation sites is 1. The molecule has 1 aromatic carbocycles. The highest BCUT2D eigenvalue weighted by Gasteiger charge is 2.50. The van der Waals surface area contributed by atoms with E-state index < -0.39 is 5.54 Å². The predicted molar refractivity (Wildman–Crippen MR) is 96.6 cm³/mol. The van der Waals surface area contributed by atoms with E-state index in [1.54, 1.807) is 4.68 Å². The molecule has 26 heavy (non-hydrogen) atoms. The highest BCUT2D eigenvalue weighted by Crippen LogP contribution is 2.38. The maximum Gasteiger partial charge on any atom is 0.243 e. The number of hydrogen-bond donors (Lipinski definition) is 1. The maximum atomic E-state index is 13.1. The molecule has 0 bridgehead atoms. The van der Waals surface area contributed by atoms with E-state index in [1.807, 2.05) is 41.4 Å². The molecule has 138 valence electrons. The number of aliphatic hydroxyl groups is 1. The second-order valence-electron chi connectivity index (χ2n) is 7.17. The summed E-state index contributed by atoms with van der Waals surface area (Å²) in [4.78, 5) is 17.2. The Bertz CT molecular complexity index is 760. The molecular formula is C19H25N5O2. The first kappa shape index (κ1) is 17.2. The number of rotatable bonds is 5. The van der Waals surface area contributed by atoms with Crippen molar-refractivity contribution >= 4 is 5.91 Å². The molecule has 1 N–H and O–H groups in total. The molecule has 0 aliphatic carbocycles. The van der Waals surface area contributed by atoms with E-state index in [4.69, 9.17) is 0 Å². The van der Waals surface area contributed by atoms with Crippen LogP contribution in [0.25, 0.3) is 5.69 Å². The van der Waals surface area contributed by atoms with Crippen molar-refractivity contribution in [2.45, 2.75) is 37.8 Å². The second kappa shape index (κ2) is 7.17. The minimum absolute atomic E-state index is 0.0211. The highest BCUT2D eigenvalue weighted by molar-refractivity contribution is 5.87. The van der Waals surface area contributed by atoms with Crippen LogP contribution < -0.4 is 0 Å². The van der Waals surface area contributed by atoms with Gasteiger partial charge in [-0.25, -0.2) is 4.68 Å². The Morgan fingerprint density at radius 2 is 1.88 bits per heavy atom. The largest absolute Gasteiger partial charge is 0.395 e. The van der Waals surface area contributed by atoms with Crippen LogP contribution >= 0.6 is 0 Å². The molecule has 1 spiro atoms. The van der Waals surface area contributed by atoms with Gasteiger partial charge in [0.25, 0.3) is 0 Å². The summed E-state index contributed by atoms with van der Waals surface area (Å²) in [6.45, 7) is 2.73. The number of aromatic nitrogens is 3. The summed E-state index contributed by atoms with van der Waals surface area (Å²) in [5, 5.41) is 17.8. The number of β-amino-alcohol motifs (C(OH)–C–C–N with tert-alkyl or cyclic N) is 1. The van der Waals surface area contributed by atoms with E-state index in [9.17, 15) is 9.90 Å². The normalized spacial score (nSPS) is 23.9. The zero-order valence-corrected chi connectivity index (χ0v) is 14.9. The van der Waals surface area contributed by atoms with Gasteiger partial charge < -0.3 is 10.0 Å². The molecule has 3 heterocycles. The van der Waals surface area contributed by atoms with Crippen LogP contribution in [0.5, 0.6) is 0 Å². The van der Waals surface area contributed by atoms with Gasteiger partial charge in [0.15, 0.2) is 0 Å². The Balaban J connectivity index is 1.53. The van der Waals surface area contributed by atoms with Gasteiger partial charge in [0, 0.05) is 19.6 Å². The first-order valence-electron chi connectivity index (χ1n) is 9.35. The van der Waals surface area contributed by atoms with E-state index in [1.165, 1.54) is 0 Å². The van der Waals surface area contributed by atoms with Gasteiger partial charge in [0.1, 0.15) is 5.54 Å². The molecule has 1 atom stereocenters. The van der Waals surface area contributed by atoms with Gasteiger partial charge >= 0.3 is 0 Å². The Kier molecular flexibility index (Phi) is 4.74. The lowest BCUT2D eigenvalue weighted by molar-refractivity contribution is -0.148. The number of aliphatic hydroxyl groups excluding tert-OH is 1. The third kappa shape index (κ3) is 3.01. The van der Waals surface area contributed by atoms with Gasteiger partial charge in [-0.05, 0) is 44.4 Å². The summed E-state index contributed by atoms with van der Waals surface area (Å²) < 4.78 is 1.78. The molecule has 7 heteroatoms. The number of nitrogens with zero attached hydrogens (tertiary/aromatic N) is 5. The predicted octanol–water partition coefficient (Wildman–Crippen LogP) is 1.22. The average molecular weight is 355 g/mol. The van der Waals surface area contributed by atoms with E-state index in [2.05, 4.69) is 15.2 Å². The van der Waals surface area contributed by atoms with Crippen LogP contribution in [-0.2, 0) is 11.3 Å². The first-order valence-corrected chi connectivity index (χ1v) is 9.35. The molecule has 1 unspecified atom stereocenters. The summed E-state index contributed by atoms with van der Waals surface area (Å²) in [5.41, 5.74) is 1.43. The number of benzene rings is 1. The molecule has 2 aliphatic rings. The molecule has 0 radical (unpaired) electrons. The van der Waals surface area contributed by atoms with Crippen LogP contribution in [0, 0.1) is 0 Å². The Morgan fingerprint density at radius 1 is 1.12 bits per heavy atom. The molecular weight excluding hydrogens is 330 g/mol. The molecule has 2 aromatic rings. The van der Waals surface area contributed by atoms with Crippen LogP contribution in [0.4, 0.5) is 0 Å². The molecule has 1 aromatic heterocycles. The van der Waals surface area contributed by atoms with Crippen molar-refractivity contribution in [2.75, 3.05) is 26.2 Å². The Hall–Kier alpha value is -2.25. The number of carbonyl (C=O) groups is 1. The second-order valence-corrected chi connectivity index (χ2v) is 7.17. The summed E-state index contributed by atoms with van der Waals surface area (Å²) in [6.07, 6.45) is 5.73. The zero-order valence-electron chi connectivity index (χ0n) is 14.9. The van der Waals surface area contributed by atoms with Crippen LogP contribution in [0.1, 0.15) is 31.4 Å². The number of piperidine rings is 1. The number of hydrogen-bond acceptors (Lipinski definition) is 5. The summed E-state index contributed by atoms with van der Waals surface area (Å²) >= 11 is 0. The van der Waals surface area contributed by atoms with E-state index in [0.29, 0.717) is 13.1 Å². The first-order chi connectivity index (χ1) is 12.7. The van der Waals surface area contributed by atoms with Crippen molar-refractivity contribution in [1.29, 1.82) is 0 Å². The van der Waals surface area contributed by atoms with Crippen LogP contribution in [-0.4, -0.2) is 67.6 Å². The number of amides is 1. The van der Waals surface area contributed by atoms with Crippen LogP contribution in [0.3, 0.4) is 0 Å². The Labute approximate surface area is 153 Å². The van der Waals surface area contributed by atoms with Crippen molar-refractivity contribution in [3.63, 3.8) is 0 Å². The lowest BCUT2D eigenvalue weighted by Gasteiger charge is -2.44. The van der Waals surface area contributed by atoms with Gasteiger partial charge in [0.2, 0.25) is 5.91 Å². The molecule has 2 aliphatic heterocycles. The van der Waals surface area contributed by atoms with Crippen LogP contribution in [0.15, 0.2) is 36.5 Å². The summed E-state index contributed by atoms with van der Waals surface area (Å²) in [7, 11) is 0. The monoisotopic (exact) mass is 355 g/mol. The van der Waals surface area contributed by atoms with Crippen molar-refractivity contribution in [2.24, 2.45) is 0 Å². The quantitative estimate of drug-likeness (QED) is 0.873. The van der Waals surface area contributed by atoms with Crippen molar-refractivity contribution in [3.8, 4) is 5.69 Å². The maximum absolute atomic E-state index is 13.1. The minimum Gasteiger partial charge on any atom is -0.395 e. The fraction of sp³-hybridized carbons (Fsp3) is 0.526. The number of likely N-dealkylation sites (tertiary alicyclic amines) is 2. The van der Waals surface area contributed by atoms with Gasteiger partial charge in [-0.15, -0.1) is 5.10 Å². The fourth-order valence-corrected chi connectivity index (χ4v) is 4.36. The fourth-order valence-electron chi connectivity index (χ4n) is 4.36. The molecule has 1 amide bonds. The molecule has 4 rings (SSSR count). The van der Waals surface area contributed by atoms with E-state index in [-0.39, 0.29) is 12.5 Å². The third-order valence-electron chi connectivity index (χ3n) is 5.61. The lowest BCUT2D eigenvalue weighted by Crippen LogP contribution is -2.60. The molecule has 7 nitrogen and oxygen atoms in total. The van der Waals surface area contributed by atoms with Crippen molar-refractivity contribution < 1.29 is 9.90 Å².